The van der Waals surface area contributed by atoms with Crippen LogP contribution in [0.3, 0.4) is 0 Å². The SMILES string of the molecule is CCCCOC(=O)N1CCN(C(=O)CNC(=O)c2nc(-c3ccccc3)sc2NCCCO)CC1. The first kappa shape index (κ1) is 26.4. The van der Waals surface area contributed by atoms with Gasteiger partial charge in [0, 0.05) is 44.9 Å². The number of unbranched alkanes of at least 4 members (excludes halogenated alkanes) is 1. The van der Waals surface area contributed by atoms with Crippen LogP contribution in [0.15, 0.2) is 30.3 Å². The van der Waals surface area contributed by atoms with E-state index in [9.17, 15) is 14.4 Å². The number of carbonyl (C=O) groups excluding carboxylic acids is 3. The topological polar surface area (TPSA) is 124 Å². The summed E-state index contributed by atoms with van der Waals surface area (Å²) in [6.07, 6.45) is 1.97. The van der Waals surface area contributed by atoms with Crippen LogP contribution >= 0.6 is 11.3 Å². The third-order valence-electron chi connectivity index (χ3n) is 5.50. The lowest BCUT2D eigenvalue weighted by Gasteiger charge is -2.34. The van der Waals surface area contributed by atoms with Gasteiger partial charge in [0.2, 0.25) is 5.91 Å². The number of ether oxygens (including phenoxy) is 1. The first-order valence-electron chi connectivity index (χ1n) is 11.9. The van der Waals surface area contributed by atoms with E-state index in [1.807, 2.05) is 37.3 Å². The second-order valence-corrected chi connectivity index (χ2v) is 9.08. The van der Waals surface area contributed by atoms with Gasteiger partial charge in [-0.1, -0.05) is 55.0 Å². The van der Waals surface area contributed by atoms with Gasteiger partial charge in [0.05, 0.1) is 13.2 Å². The van der Waals surface area contributed by atoms with Crippen molar-refractivity contribution >= 4 is 34.2 Å². The maximum Gasteiger partial charge on any atom is 0.409 e. The Hall–Kier alpha value is -3.18. The van der Waals surface area contributed by atoms with Crippen molar-refractivity contribution in [2.24, 2.45) is 0 Å². The molecule has 2 heterocycles. The Balaban J connectivity index is 1.54. The molecule has 0 atom stereocenters. The summed E-state index contributed by atoms with van der Waals surface area (Å²) in [5.74, 6) is -0.660. The molecule has 0 aliphatic carbocycles. The van der Waals surface area contributed by atoms with Gasteiger partial charge in [0.1, 0.15) is 10.0 Å². The molecule has 190 valence electrons. The van der Waals surface area contributed by atoms with Crippen LogP contribution in [-0.2, 0) is 9.53 Å². The van der Waals surface area contributed by atoms with Crippen molar-refractivity contribution in [1.29, 1.82) is 0 Å². The van der Waals surface area contributed by atoms with Crippen molar-refractivity contribution in [3.8, 4) is 10.6 Å². The maximum absolute atomic E-state index is 12.9. The van der Waals surface area contributed by atoms with Gasteiger partial charge < -0.3 is 30.3 Å². The Labute approximate surface area is 209 Å². The molecule has 0 radical (unpaired) electrons. The van der Waals surface area contributed by atoms with E-state index in [1.54, 1.807) is 9.80 Å². The number of hydrogen-bond donors (Lipinski definition) is 3. The number of amides is 3. The van der Waals surface area contributed by atoms with E-state index in [4.69, 9.17) is 9.84 Å². The van der Waals surface area contributed by atoms with Gasteiger partial charge in [-0.2, -0.15) is 0 Å². The Morgan fingerprint density at radius 2 is 1.80 bits per heavy atom. The molecule has 1 aliphatic rings. The van der Waals surface area contributed by atoms with Gasteiger partial charge in [-0.25, -0.2) is 9.78 Å². The van der Waals surface area contributed by atoms with Crippen LogP contribution in [0, 0.1) is 0 Å². The molecule has 11 heteroatoms. The highest BCUT2D eigenvalue weighted by atomic mass is 32.1. The number of nitrogens with one attached hydrogen (secondary N) is 2. The zero-order valence-electron chi connectivity index (χ0n) is 20.0. The van der Waals surface area contributed by atoms with Crippen molar-refractivity contribution in [1.82, 2.24) is 20.1 Å². The van der Waals surface area contributed by atoms with Crippen molar-refractivity contribution in [2.75, 3.05) is 57.8 Å². The minimum absolute atomic E-state index is 0.0388. The van der Waals surface area contributed by atoms with Crippen LogP contribution < -0.4 is 10.6 Å². The molecule has 3 N–H and O–H groups in total. The molecule has 1 aromatic heterocycles. The van der Waals surface area contributed by atoms with E-state index < -0.39 is 5.91 Å². The Morgan fingerprint density at radius 3 is 2.49 bits per heavy atom. The summed E-state index contributed by atoms with van der Waals surface area (Å²) in [4.78, 5) is 45.4. The van der Waals surface area contributed by atoms with Gasteiger partial charge in [-0.3, -0.25) is 9.59 Å². The molecule has 1 aromatic carbocycles. The number of nitrogens with zero attached hydrogens (tertiary/aromatic N) is 3. The molecule has 1 aliphatic heterocycles. The minimum Gasteiger partial charge on any atom is -0.449 e. The van der Waals surface area contributed by atoms with Crippen molar-refractivity contribution in [2.45, 2.75) is 26.2 Å². The number of thiazole rings is 1. The van der Waals surface area contributed by atoms with Gasteiger partial charge in [0.25, 0.3) is 5.91 Å². The van der Waals surface area contributed by atoms with E-state index in [0.29, 0.717) is 55.8 Å². The number of benzene rings is 1. The van der Waals surface area contributed by atoms with Crippen LogP contribution in [0.2, 0.25) is 0 Å². The fraction of sp³-hybridized carbons (Fsp3) is 0.500. The number of hydrogen-bond acceptors (Lipinski definition) is 8. The number of carbonyl (C=O) groups is 3. The lowest BCUT2D eigenvalue weighted by molar-refractivity contribution is -0.131. The number of aromatic nitrogens is 1. The molecule has 1 fully saturated rings. The second kappa shape index (κ2) is 13.6. The van der Waals surface area contributed by atoms with E-state index in [1.165, 1.54) is 11.3 Å². The van der Waals surface area contributed by atoms with Gasteiger partial charge >= 0.3 is 6.09 Å². The Morgan fingerprint density at radius 1 is 1.09 bits per heavy atom. The van der Waals surface area contributed by atoms with Crippen LogP contribution in [-0.4, -0.2) is 90.3 Å². The summed E-state index contributed by atoms with van der Waals surface area (Å²) < 4.78 is 5.23. The van der Waals surface area contributed by atoms with E-state index in [2.05, 4.69) is 15.6 Å². The number of anilines is 1. The van der Waals surface area contributed by atoms with E-state index in [-0.39, 0.29) is 30.8 Å². The number of piperazine rings is 1. The van der Waals surface area contributed by atoms with Crippen molar-refractivity contribution in [3.05, 3.63) is 36.0 Å². The summed E-state index contributed by atoms with van der Waals surface area (Å²) in [6.45, 7) is 4.39. The summed E-state index contributed by atoms with van der Waals surface area (Å²) in [5, 5.41) is 16.2. The molecule has 1 saturated heterocycles. The summed E-state index contributed by atoms with van der Waals surface area (Å²) >= 11 is 1.35. The van der Waals surface area contributed by atoms with Gasteiger partial charge in [-0.15, -0.1) is 0 Å². The third-order valence-corrected chi connectivity index (χ3v) is 6.56. The van der Waals surface area contributed by atoms with Gasteiger partial charge in [0.15, 0.2) is 5.69 Å². The molecule has 0 spiro atoms. The van der Waals surface area contributed by atoms with Crippen LogP contribution in [0.25, 0.3) is 10.6 Å². The standard InChI is InChI=1S/C24H33N5O5S/c1-2-3-16-34-24(33)29-13-11-28(12-14-29)19(31)17-26-21(32)20-23(25-10-7-15-30)35-22(27-20)18-8-5-4-6-9-18/h4-6,8-9,25,30H,2-3,7,10-17H2,1H3,(H,26,32). The fourth-order valence-corrected chi connectivity index (χ4v) is 4.46. The predicted molar refractivity (Wildman–Crippen MR) is 134 cm³/mol. The van der Waals surface area contributed by atoms with Crippen LogP contribution in [0.5, 0.6) is 0 Å². The molecule has 2 aromatic rings. The maximum atomic E-state index is 12.9. The molecule has 0 bridgehead atoms. The third kappa shape index (κ3) is 7.66. The lowest BCUT2D eigenvalue weighted by atomic mass is 10.2. The molecule has 0 unspecified atom stereocenters. The normalized spacial score (nSPS) is 13.4. The highest BCUT2D eigenvalue weighted by Gasteiger charge is 2.26. The van der Waals surface area contributed by atoms with E-state index >= 15 is 0 Å². The fourth-order valence-electron chi connectivity index (χ4n) is 3.46. The van der Waals surface area contributed by atoms with Crippen LogP contribution in [0.1, 0.15) is 36.7 Å². The average molecular weight is 504 g/mol. The van der Waals surface area contributed by atoms with E-state index in [0.717, 1.165) is 18.4 Å². The Kier molecular flexibility index (Phi) is 10.3. The highest BCUT2D eigenvalue weighted by molar-refractivity contribution is 7.19. The number of aliphatic hydroxyl groups excluding tert-OH is 1. The summed E-state index contributed by atoms with van der Waals surface area (Å²) in [7, 11) is 0. The molecule has 3 rings (SSSR count). The molecular formula is C24H33N5O5S. The highest BCUT2D eigenvalue weighted by Crippen LogP contribution is 2.32. The first-order valence-corrected chi connectivity index (χ1v) is 12.7. The molecule has 10 nitrogen and oxygen atoms in total. The molecule has 35 heavy (non-hydrogen) atoms. The predicted octanol–water partition coefficient (Wildman–Crippen LogP) is 2.42. The lowest BCUT2D eigenvalue weighted by Crippen LogP contribution is -2.52. The zero-order chi connectivity index (χ0) is 25.0. The number of aliphatic hydroxyl groups is 1. The summed E-state index contributed by atoms with van der Waals surface area (Å²) in [6, 6.07) is 9.55. The largest absolute Gasteiger partial charge is 0.449 e. The first-order chi connectivity index (χ1) is 17.0. The van der Waals surface area contributed by atoms with Crippen LogP contribution in [0.4, 0.5) is 9.80 Å². The minimum atomic E-state index is -0.443. The van der Waals surface area contributed by atoms with Gasteiger partial charge in [-0.05, 0) is 12.8 Å². The molecule has 3 amide bonds. The summed E-state index contributed by atoms with van der Waals surface area (Å²) in [5.41, 5.74) is 1.11. The van der Waals surface area contributed by atoms with Crippen molar-refractivity contribution in [3.63, 3.8) is 0 Å². The zero-order valence-corrected chi connectivity index (χ0v) is 20.8. The second-order valence-electron chi connectivity index (χ2n) is 8.09. The smallest absolute Gasteiger partial charge is 0.409 e. The quantitative estimate of drug-likeness (QED) is 0.402. The number of rotatable bonds is 11. The monoisotopic (exact) mass is 503 g/mol. The van der Waals surface area contributed by atoms with Crippen molar-refractivity contribution < 1.29 is 24.2 Å². The molecular weight excluding hydrogens is 470 g/mol. The average Bonchev–Trinajstić information content (AvgIpc) is 3.32. The Bertz CT molecular complexity index is 976. The molecule has 0 saturated carbocycles.